The van der Waals surface area contributed by atoms with E-state index in [2.05, 4.69) is 22.9 Å². The van der Waals surface area contributed by atoms with Gasteiger partial charge in [0.25, 0.3) is 0 Å². The molecule has 0 saturated heterocycles. The lowest BCUT2D eigenvalue weighted by atomic mass is 10.0. The fourth-order valence-corrected chi connectivity index (χ4v) is 2.77. The van der Waals surface area contributed by atoms with Crippen molar-refractivity contribution in [3.8, 4) is 11.5 Å². The summed E-state index contributed by atoms with van der Waals surface area (Å²) < 4.78 is 13.1. The van der Waals surface area contributed by atoms with Gasteiger partial charge in [0, 0.05) is 29.1 Å². The summed E-state index contributed by atoms with van der Waals surface area (Å²) in [5.41, 5.74) is 3.65. The number of fused-ring (bicyclic) bond motifs is 2. The minimum Gasteiger partial charge on any atom is -1.00 e. The van der Waals surface area contributed by atoms with Crippen LogP contribution >= 0.6 is 11.6 Å². The topological polar surface area (TPSA) is 21.5 Å². The number of halogens is 2. The lowest BCUT2D eigenvalue weighted by Gasteiger charge is -2.12. The zero-order chi connectivity index (χ0) is 13.5. The fourth-order valence-electron chi connectivity index (χ4n) is 2.65. The maximum absolute atomic E-state index is 5.94. The Kier molecular flexibility index (Phi) is 3.91. The Balaban J connectivity index is 0.00000132. The highest BCUT2D eigenvalue weighted by atomic mass is 79.9. The van der Waals surface area contributed by atoms with Crippen LogP contribution in [-0.2, 0) is 6.42 Å². The zero-order valence-electron chi connectivity index (χ0n) is 11.2. The van der Waals surface area contributed by atoms with Gasteiger partial charge >= 0.3 is 0 Å². The van der Waals surface area contributed by atoms with Crippen LogP contribution in [0.25, 0.3) is 0 Å². The molecule has 0 aliphatic carbocycles. The second kappa shape index (κ2) is 5.70. The minimum absolute atomic E-state index is 0. The lowest BCUT2D eigenvalue weighted by molar-refractivity contribution is -0.436. The summed E-state index contributed by atoms with van der Waals surface area (Å²) in [7, 11) is 0. The van der Waals surface area contributed by atoms with Crippen LogP contribution in [0, 0.1) is 0 Å². The highest BCUT2D eigenvalue weighted by molar-refractivity contribution is 6.30. The van der Waals surface area contributed by atoms with Crippen molar-refractivity contribution in [2.75, 3.05) is 13.3 Å². The van der Waals surface area contributed by atoms with E-state index >= 15 is 0 Å². The predicted octanol–water partition coefficient (Wildman–Crippen LogP) is 0.392. The van der Waals surface area contributed by atoms with E-state index in [1.807, 2.05) is 24.3 Å². The van der Waals surface area contributed by atoms with Crippen LogP contribution in [-0.4, -0.2) is 24.1 Å². The summed E-state index contributed by atoms with van der Waals surface area (Å²) >= 11 is 5.94. The Labute approximate surface area is 138 Å². The molecule has 0 atom stereocenters. The number of benzene rings is 2. The van der Waals surface area contributed by atoms with Gasteiger partial charge in [0.2, 0.25) is 12.5 Å². The number of hydrogen-bond donors (Lipinski definition) is 0. The molecule has 0 fully saturated rings. The molecule has 0 bridgehead atoms. The molecule has 0 unspecified atom stereocenters. The summed E-state index contributed by atoms with van der Waals surface area (Å²) in [6.45, 7) is 1.27. The van der Waals surface area contributed by atoms with Crippen LogP contribution in [0.15, 0.2) is 36.4 Å². The van der Waals surface area contributed by atoms with E-state index in [1.54, 1.807) is 0 Å². The van der Waals surface area contributed by atoms with E-state index in [1.165, 1.54) is 11.1 Å². The molecule has 21 heavy (non-hydrogen) atoms. The minimum atomic E-state index is 0. The summed E-state index contributed by atoms with van der Waals surface area (Å²) in [5, 5.41) is 0.759. The Morgan fingerprint density at radius 1 is 1.00 bits per heavy atom. The monoisotopic (exact) mass is 365 g/mol. The molecule has 5 heteroatoms. The fraction of sp³-hybridized carbons (Fsp3) is 0.188. The molecule has 0 amide bonds. The van der Waals surface area contributed by atoms with Crippen molar-refractivity contribution in [3.63, 3.8) is 0 Å². The van der Waals surface area contributed by atoms with Gasteiger partial charge in [-0.2, -0.15) is 4.58 Å². The van der Waals surface area contributed by atoms with Gasteiger partial charge in [-0.15, -0.1) is 0 Å². The van der Waals surface area contributed by atoms with Gasteiger partial charge in [-0.3, -0.25) is 0 Å². The van der Waals surface area contributed by atoms with Gasteiger partial charge in [0.15, 0.2) is 24.3 Å². The first-order chi connectivity index (χ1) is 9.79. The van der Waals surface area contributed by atoms with Gasteiger partial charge < -0.3 is 26.5 Å². The van der Waals surface area contributed by atoms with E-state index < -0.39 is 0 Å². The molecule has 108 valence electrons. The first-order valence-corrected chi connectivity index (χ1v) is 6.97. The average Bonchev–Trinajstić information content (AvgIpc) is 2.92. The van der Waals surface area contributed by atoms with Crippen LogP contribution in [0.1, 0.15) is 11.1 Å². The molecule has 2 aliphatic rings. The van der Waals surface area contributed by atoms with Gasteiger partial charge in [0.05, 0.1) is 0 Å². The first-order valence-electron chi connectivity index (χ1n) is 6.59. The number of hydrogen-bond acceptors (Lipinski definition) is 2. The quantitative estimate of drug-likeness (QED) is 0.681. The molecule has 3 nitrogen and oxygen atoms in total. The Bertz CT molecular complexity index is 713. The highest BCUT2D eigenvalue weighted by Crippen LogP contribution is 2.35. The summed E-state index contributed by atoms with van der Waals surface area (Å²) in [6, 6.07) is 12.1. The van der Waals surface area contributed by atoms with Crippen molar-refractivity contribution in [1.82, 2.24) is 0 Å². The summed E-state index contributed by atoms with van der Waals surface area (Å²) in [5.74, 6) is 1.69. The summed E-state index contributed by atoms with van der Waals surface area (Å²) in [6.07, 6.45) is 3.15. The van der Waals surface area contributed by atoms with Crippen LogP contribution in [0.2, 0.25) is 5.02 Å². The standard InChI is InChI=1S/C16H13ClNO2.BrH/c17-13-1-3-14(4-2-13)18-6-5-11-7-15-16(20-10-19-15)8-12(11)9-18;/h1-4,7-9H,5-6,10H2;1H/q+1;/p-1. The molecular weight excluding hydrogens is 354 g/mol. The zero-order valence-corrected chi connectivity index (χ0v) is 13.5. The average molecular weight is 367 g/mol. The molecule has 0 spiro atoms. The van der Waals surface area contributed by atoms with Gasteiger partial charge in [-0.05, 0) is 29.8 Å². The Hall–Kier alpha value is -1.52. The van der Waals surface area contributed by atoms with Gasteiger partial charge in [0.1, 0.15) is 0 Å². The third kappa shape index (κ3) is 2.65. The third-order valence-corrected chi connectivity index (χ3v) is 3.96. The van der Waals surface area contributed by atoms with E-state index in [0.717, 1.165) is 35.2 Å². The van der Waals surface area contributed by atoms with Crippen molar-refractivity contribution >= 4 is 23.5 Å². The summed E-state index contributed by atoms with van der Waals surface area (Å²) in [4.78, 5) is 0. The maximum atomic E-state index is 5.94. The second-order valence-corrected chi connectivity index (χ2v) is 5.39. The van der Waals surface area contributed by atoms with Crippen molar-refractivity contribution in [1.29, 1.82) is 0 Å². The smallest absolute Gasteiger partial charge is 0.231 e. The molecule has 2 heterocycles. The van der Waals surface area contributed by atoms with Crippen molar-refractivity contribution in [3.05, 3.63) is 52.5 Å². The molecule has 4 rings (SSSR count). The van der Waals surface area contributed by atoms with Crippen LogP contribution in [0.3, 0.4) is 0 Å². The molecule has 0 saturated carbocycles. The lowest BCUT2D eigenvalue weighted by Crippen LogP contribution is -3.00. The largest absolute Gasteiger partial charge is 1.00 e. The number of ether oxygens (including phenoxy) is 2. The Morgan fingerprint density at radius 3 is 2.48 bits per heavy atom. The molecule has 2 aromatic carbocycles. The predicted molar refractivity (Wildman–Crippen MR) is 77.7 cm³/mol. The van der Waals surface area contributed by atoms with Crippen LogP contribution < -0.4 is 26.5 Å². The SMILES string of the molecule is Clc1ccc([N+]2=Cc3cc4c(cc3CC2)OCO4)cc1.[Br-]. The first kappa shape index (κ1) is 14.4. The van der Waals surface area contributed by atoms with Crippen molar-refractivity contribution in [2.45, 2.75) is 6.42 Å². The van der Waals surface area contributed by atoms with E-state index in [9.17, 15) is 0 Å². The van der Waals surface area contributed by atoms with Crippen LogP contribution in [0.5, 0.6) is 11.5 Å². The van der Waals surface area contributed by atoms with Gasteiger partial charge in [-0.1, -0.05) is 11.6 Å². The van der Waals surface area contributed by atoms with Crippen molar-refractivity contribution in [2.24, 2.45) is 0 Å². The molecule has 2 aromatic rings. The van der Waals surface area contributed by atoms with Crippen LogP contribution in [0.4, 0.5) is 5.69 Å². The van der Waals surface area contributed by atoms with E-state index in [0.29, 0.717) is 6.79 Å². The number of nitrogens with zero attached hydrogens (tertiary/aromatic N) is 1. The van der Waals surface area contributed by atoms with E-state index in [-0.39, 0.29) is 17.0 Å². The molecule has 0 N–H and O–H groups in total. The Morgan fingerprint density at radius 2 is 1.71 bits per heavy atom. The molecule has 2 aliphatic heterocycles. The van der Waals surface area contributed by atoms with Crippen molar-refractivity contribution < 1.29 is 31.0 Å². The van der Waals surface area contributed by atoms with Gasteiger partial charge in [-0.25, -0.2) is 0 Å². The molecule has 0 aromatic heterocycles. The van der Waals surface area contributed by atoms with E-state index in [4.69, 9.17) is 21.1 Å². The third-order valence-electron chi connectivity index (χ3n) is 3.71. The maximum Gasteiger partial charge on any atom is 0.231 e. The molecule has 0 radical (unpaired) electrons. The number of rotatable bonds is 1. The highest BCUT2D eigenvalue weighted by Gasteiger charge is 2.23. The molecular formula is C16H13BrClNO2. The normalized spacial score (nSPS) is 15.0. The second-order valence-electron chi connectivity index (χ2n) is 4.95.